The van der Waals surface area contributed by atoms with Crippen molar-refractivity contribution in [1.82, 2.24) is 9.13 Å². The average Bonchev–Trinajstić information content (AvgIpc) is 3.77. The molecule has 0 aliphatic carbocycles. The van der Waals surface area contributed by atoms with Gasteiger partial charge in [0, 0.05) is 32.9 Å². The van der Waals surface area contributed by atoms with Crippen LogP contribution in [-0.4, -0.2) is 31.3 Å². The first-order valence-electron chi connectivity index (χ1n) is 18.4. The van der Waals surface area contributed by atoms with Gasteiger partial charge in [0.15, 0.2) is 0 Å². The second-order valence-corrected chi connectivity index (χ2v) is 13.9. The molecule has 2 N–H and O–H groups in total. The molecule has 0 saturated heterocycles. The lowest BCUT2D eigenvalue weighted by atomic mass is 9.98. The summed E-state index contributed by atoms with van der Waals surface area (Å²) in [6.07, 6.45) is 2.74. The summed E-state index contributed by atoms with van der Waals surface area (Å²) in [5.41, 5.74) is 11.0. The van der Waals surface area contributed by atoms with E-state index in [1.54, 1.807) is 12.1 Å². The van der Waals surface area contributed by atoms with E-state index in [9.17, 15) is 30.3 Å². The largest absolute Gasteiger partial charge is 0.477 e. The van der Waals surface area contributed by atoms with E-state index in [0.29, 0.717) is 11.1 Å². The van der Waals surface area contributed by atoms with Crippen LogP contribution in [-0.2, 0) is 9.59 Å². The Hall–Kier alpha value is -8.46. The topological polar surface area (TPSA) is 132 Å². The van der Waals surface area contributed by atoms with Crippen LogP contribution >= 0.6 is 0 Å². The third kappa shape index (κ3) is 6.14. The van der Waals surface area contributed by atoms with E-state index in [4.69, 9.17) is 0 Å². The van der Waals surface area contributed by atoms with Crippen molar-refractivity contribution in [2.45, 2.75) is 0 Å². The van der Waals surface area contributed by atoms with Gasteiger partial charge in [-0.05, 0) is 106 Å². The number of hydrogen-bond acceptors (Lipinski definition) is 4. The number of nitriles is 2. The SMILES string of the molecule is N#C/C(=C\c1ccc(-n2c3ccccc3c3cc(-c4ccc(-c5ccc6c(c5)c5ccccc5n6-c5ccc(/C=C(\C#N)C(=O)O)cc5)cc4)ccc32)cc1)C(=O)O. The molecule has 0 aliphatic heterocycles. The van der Waals surface area contributed by atoms with Gasteiger partial charge in [-0.25, -0.2) is 9.59 Å². The number of fused-ring (bicyclic) bond motifs is 6. The molecule has 58 heavy (non-hydrogen) atoms. The summed E-state index contributed by atoms with van der Waals surface area (Å²) in [6.45, 7) is 0. The van der Waals surface area contributed by atoms with Crippen LogP contribution in [0.4, 0.5) is 0 Å². The van der Waals surface area contributed by atoms with Gasteiger partial charge in [-0.1, -0.05) is 97.1 Å². The molecule has 2 aromatic heterocycles. The summed E-state index contributed by atoms with van der Waals surface area (Å²) in [5, 5.41) is 41.4. The zero-order valence-corrected chi connectivity index (χ0v) is 30.7. The fourth-order valence-corrected chi connectivity index (χ4v) is 7.77. The van der Waals surface area contributed by atoms with Crippen LogP contribution in [0.25, 0.3) is 89.4 Å². The van der Waals surface area contributed by atoms with Gasteiger partial charge in [0.2, 0.25) is 0 Å². The van der Waals surface area contributed by atoms with E-state index in [1.165, 1.54) is 12.2 Å². The first kappa shape index (κ1) is 35.3. The summed E-state index contributed by atoms with van der Waals surface area (Å²) >= 11 is 0. The van der Waals surface area contributed by atoms with E-state index in [0.717, 1.165) is 77.2 Å². The Morgan fingerprint density at radius 1 is 0.431 bits per heavy atom. The Kier molecular flexibility index (Phi) is 8.70. The molecule has 2 heterocycles. The van der Waals surface area contributed by atoms with Crippen molar-refractivity contribution in [2.75, 3.05) is 0 Å². The van der Waals surface area contributed by atoms with Crippen molar-refractivity contribution in [3.63, 3.8) is 0 Å². The monoisotopic (exact) mass is 750 g/mol. The number of aliphatic carboxylic acids is 2. The molecule has 0 fully saturated rings. The number of carboxylic acids is 2. The third-order valence-corrected chi connectivity index (χ3v) is 10.5. The molecule has 0 atom stereocenters. The van der Waals surface area contributed by atoms with Gasteiger partial charge in [0.25, 0.3) is 0 Å². The van der Waals surface area contributed by atoms with E-state index in [2.05, 4.69) is 94.1 Å². The molecule has 0 amide bonds. The van der Waals surface area contributed by atoms with Gasteiger partial charge in [0.1, 0.15) is 23.3 Å². The van der Waals surface area contributed by atoms with Crippen LogP contribution in [0.15, 0.2) is 169 Å². The van der Waals surface area contributed by atoms with Gasteiger partial charge in [-0.3, -0.25) is 0 Å². The van der Waals surface area contributed by atoms with Gasteiger partial charge in [-0.2, -0.15) is 10.5 Å². The fraction of sp³-hybridized carbons (Fsp3) is 0. The molecule has 0 unspecified atom stereocenters. The summed E-state index contributed by atoms with van der Waals surface area (Å²) in [7, 11) is 0. The summed E-state index contributed by atoms with van der Waals surface area (Å²) in [5.74, 6) is -2.51. The lowest BCUT2D eigenvalue weighted by Gasteiger charge is -2.10. The van der Waals surface area contributed by atoms with Crippen LogP contribution in [0.2, 0.25) is 0 Å². The highest BCUT2D eigenvalue weighted by Crippen LogP contribution is 2.38. The first-order chi connectivity index (χ1) is 28.3. The second kappa shape index (κ2) is 14.3. The third-order valence-electron chi connectivity index (χ3n) is 10.5. The number of carboxylic acid groups (broad SMARTS) is 2. The average molecular weight is 751 g/mol. The predicted molar refractivity (Wildman–Crippen MR) is 228 cm³/mol. The molecule has 0 aliphatic rings. The molecule has 7 aromatic carbocycles. The molecule has 8 nitrogen and oxygen atoms in total. The smallest absolute Gasteiger partial charge is 0.346 e. The second-order valence-electron chi connectivity index (χ2n) is 13.9. The minimum absolute atomic E-state index is 0.317. The number of rotatable bonds is 8. The summed E-state index contributed by atoms with van der Waals surface area (Å²) in [6, 6.07) is 56.6. The zero-order valence-electron chi connectivity index (χ0n) is 30.7. The van der Waals surface area contributed by atoms with Crippen LogP contribution < -0.4 is 0 Å². The lowest BCUT2D eigenvalue weighted by molar-refractivity contribution is -0.133. The van der Waals surface area contributed by atoms with Crippen molar-refractivity contribution in [1.29, 1.82) is 10.5 Å². The molecule has 0 radical (unpaired) electrons. The molecule has 9 aromatic rings. The van der Waals surface area contributed by atoms with Crippen LogP contribution in [0, 0.1) is 22.7 Å². The van der Waals surface area contributed by atoms with E-state index < -0.39 is 11.9 Å². The first-order valence-corrected chi connectivity index (χ1v) is 18.4. The minimum Gasteiger partial charge on any atom is -0.477 e. The quantitative estimate of drug-likeness (QED) is 0.117. The van der Waals surface area contributed by atoms with Crippen LogP contribution in [0.5, 0.6) is 0 Å². The number of benzene rings is 7. The van der Waals surface area contributed by atoms with Crippen molar-refractivity contribution in [3.05, 3.63) is 180 Å². The zero-order chi connectivity index (χ0) is 39.9. The maximum Gasteiger partial charge on any atom is 0.346 e. The molecule has 0 bridgehead atoms. The van der Waals surface area contributed by atoms with Gasteiger partial charge < -0.3 is 19.3 Å². The Labute approximate surface area is 331 Å². The Morgan fingerprint density at radius 2 is 0.776 bits per heavy atom. The van der Waals surface area contributed by atoms with Crippen molar-refractivity contribution < 1.29 is 19.8 Å². The van der Waals surface area contributed by atoms with Crippen LogP contribution in [0.3, 0.4) is 0 Å². The van der Waals surface area contributed by atoms with Crippen LogP contribution in [0.1, 0.15) is 11.1 Å². The maximum atomic E-state index is 11.4. The number of aromatic nitrogens is 2. The number of carbonyl (C=O) groups is 2. The lowest BCUT2D eigenvalue weighted by Crippen LogP contribution is -1.97. The van der Waals surface area contributed by atoms with E-state index >= 15 is 0 Å². The highest BCUT2D eigenvalue weighted by molar-refractivity contribution is 6.12. The molecule has 8 heteroatoms. The highest BCUT2D eigenvalue weighted by atomic mass is 16.4. The normalized spacial score (nSPS) is 11.9. The molecule has 0 saturated carbocycles. The number of nitrogens with zero attached hydrogens (tertiary/aromatic N) is 4. The minimum atomic E-state index is -1.25. The molecule has 9 rings (SSSR count). The maximum absolute atomic E-state index is 11.4. The summed E-state index contributed by atoms with van der Waals surface area (Å²) in [4.78, 5) is 22.7. The Bertz CT molecular complexity index is 3060. The van der Waals surface area contributed by atoms with E-state index in [-0.39, 0.29) is 11.1 Å². The van der Waals surface area contributed by atoms with Gasteiger partial charge in [0.05, 0.1) is 22.1 Å². The molecular weight excluding hydrogens is 721 g/mol. The molecular formula is C50H30N4O4. The highest BCUT2D eigenvalue weighted by Gasteiger charge is 2.16. The Balaban J connectivity index is 1.05. The number of para-hydroxylation sites is 2. The Morgan fingerprint density at radius 3 is 1.14 bits per heavy atom. The van der Waals surface area contributed by atoms with Crippen molar-refractivity contribution >= 4 is 67.7 Å². The van der Waals surface area contributed by atoms with Crippen molar-refractivity contribution in [3.8, 4) is 45.8 Å². The van der Waals surface area contributed by atoms with Gasteiger partial charge in [-0.15, -0.1) is 0 Å². The molecule has 0 spiro atoms. The predicted octanol–water partition coefficient (Wildman–Crippen LogP) is 11.2. The fourth-order valence-electron chi connectivity index (χ4n) is 7.77. The van der Waals surface area contributed by atoms with E-state index in [1.807, 2.05) is 72.8 Å². The van der Waals surface area contributed by atoms with Gasteiger partial charge >= 0.3 is 11.9 Å². The molecule has 274 valence electrons. The summed E-state index contributed by atoms with van der Waals surface area (Å²) < 4.78 is 4.39. The van der Waals surface area contributed by atoms with Crippen molar-refractivity contribution in [2.24, 2.45) is 0 Å². The number of hydrogen-bond donors (Lipinski definition) is 2. The standard InChI is InChI=1S/C50H30N4O4/c51-29-37(49(55)56)25-31-9-19-39(20-10-31)53-45-7-3-1-5-41(45)43-27-35(17-23-47(43)53)33-13-15-34(16-14-33)36-18-24-48-44(28-36)42-6-2-4-8-46(42)54(48)40-21-11-32(12-22-40)26-38(30-52)50(57)58/h1-28H,(H,55,56)(H,57,58)/b37-25+,38-26+.